The van der Waals surface area contributed by atoms with Gasteiger partial charge < -0.3 is 11.1 Å². The number of rotatable bonds is 8. The number of unbranched alkanes of at least 4 members (excludes halogenated alkanes) is 2. The molecule has 1 aromatic carbocycles. The number of hydrogen-bond donors (Lipinski definition) is 2. The largest absolute Gasteiger partial charge is 0.399 e. The van der Waals surface area contributed by atoms with Crippen molar-refractivity contribution >= 4 is 27.1 Å². The standard InChI is InChI=1S/C14H22N2O3S/c1-2-3-4-10-20(18,19)11-9-14(17)16-13-7-5-12(15)6-8-13/h5-8H,2-4,9-11,15H2,1H3,(H,16,17). The Morgan fingerprint density at radius 2 is 1.80 bits per heavy atom. The second kappa shape index (κ2) is 7.89. The number of hydrogen-bond acceptors (Lipinski definition) is 4. The number of nitrogens with two attached hydrogens (primary N) is 1. The van der Waals surface area contributed by atoms with Gasteiger partial charge in [-0.25, -0.2) is 8.42 Å². The molecule has 1 amide bonds. The molecule has 0 fully saturated rings. The number of carbonyl (C=O) groups excluding carboxylic acids is 1. The Morgan fingerprint density at radius 1 is 1.15 bits per heavy atom. The second-order valence-electron chi connectivity index (χ2n) is 4.78. The van der Waals surface area contributed by atoms with E-state index in [1.807, 2.05) is 6.92 Å². The lowest BCUT2D eigenvalue weighted by atomic mass is 10.3. The van der Waals surface area contributed by atoms with Crippen molar-refractivity contribution in [2.75, 3.05) is 22.6 Å². The minimum Gasteiger partial charge on any atom is -0.399 e. The summed E-state index contributed by atoms with van der Waals surface area (Å²) in [4.78, 5) is 11.7. The van der Waals surface area contributed by atoms with Gasteiger partial charge in [0.05, 0.1) is 11.5 Å². The van der Waals surface area contributed by atoms with Crippen LogP contribution in [0.15, 0.2) is 24.3 Å². The molecule has 0 saturated heterocycles. The van der Waals surface area contributed by atoms with Crippen molar-refractivity contribution in [2.45, 2.75) is 32.6 Å². The Labute approximate surface area is 120 Å². The molecule has 0 spiro atoms. The van der Waals surface area contributed by atoms with Crippen LogP contribution in [-0.4, -0.2) is 25.8 Å². The van der Waals surface area contributed by atoms with Gasteiger partial charge in [-0.05, 0) is 30.7 Å². The van der Waals surface area contributed by atoms with Crippen LogP contribution in [0.25, 0.3) is 0 Å². The molecule has 3 N–H and O–H groups in total. The van der Waals surface area contributed by atoms with Crippen molar-refractivity contribution in [2.24, 2.45) is 0 Å². The molecule has 0 atom stereocenters. The predicted octanol–water partition coefficient (Wildman–Crippen LogP) is 2.20. The third-order valence-corrected chi connectivity index (χ3v) is 4.63. The topological polar surface area (TPSA) is 89.3 Å². The highest BCUT2D eigenvalue weighted by Gasteiger charge is 2.13. The summed E-state index contributed by atoms with van der Waals surface area (Å²) in [5.74, 6) is -0.234. The van der Waals surface area contributed by atoms with E-state index in [-0.39, 0.29) is 23.8 Å². The van der Waals surface area contributed by atoms with Crippen molar-refractivity contribution in [3.05, 3.63) is 24.3 Å². The summed E-state index contributed by atoms with van der Waals surface area (Å²) in [6, 6.07) is 6.72. The zero-order valence-electron chi connectivity index (χ0n) is 11.8. The first-order valence-electron chi connectivity index (χ1n) is 6.79. The molecule has 0 saturated carbocycles. The maximum absolute atomic E-state index is 11.7. The first kappa shape index (κ1) is 16.5. The third-order valence-electron chi connectivity index (χ3n) is 2.89. The third kappa shape index (κ3) is 6.56. The highest BCUT2D eigenvalue weighted by molar-refractivity contribution is 7.91. The van der Waals surface area contributed by atoms with E-state index in [2.05, 4.69) is 5.32 Å². The molecule has 0 aliphatic carbocycles. The van der Waals surface area contributed by atoms with E-state index < -0.39 is 9.84 Å². The number of sulfone groups is 1. The second-order valence-corrected chi connectivity index (χ2v) is 7.08. The predicted molar refractivity (Wildman–Crippen MR) is 82.3 cm³/mol. The maximum Gasteiger partial charge on any atom is 0.225 e. The summed E-state index contributed by atoms with van der Waals surface area (Å²) in [5, 5.41) is 2.65. The van der Waals surface area contributed by atoms with Crippen LogP contribution in [-0.2, 0) is 14.6 Å². The Hall–Kier alpha value is -1.56. The molecule has 5 nitrogen and oxygen atoms in total. The zero-order chi connectivity index (χ0) is 15.0. The summed E-state index contributed by atoms with van der Waals surface area (Å²) in [6.07, 6.45) is 2.53. The molecule has 1 aromatic rings. The first-order chi connectivity index (χ1) is 9.43. The minimum atomic E-state index is -3.13. The normalized spacial score (nSPS) is 11.2. The van der Waals surface area contributed by atoms with Crippen LogP contribution in [0, 0.1) is 0 Å². The van der Waals surface area contributed by atoms with Gasteiger partial charge >= 0.3 is 0 Å². The average molecular weight is 298 g/mol. The summed E-state index contributed by atoms with van der Waals surface area (Å²) in [6.45, 7) is 2.02. The van der Waals surface area contributed by atoms with Crippen LogP contribution in [0.2, 0.25) is 0 Å². The molecule has 20 heavy (non-hydrogen) atoms. The smallest absolute Gasteiger partial charge is 0.225 e. The van der Waals surface area contributed by atoms with Crippen LogP contribution in [0.5, 0.6) is 0 Å². The number of carbonyl (C=O) groups is 1. The summed E-state index contributed by atoms with van der Waals surface area (Å²) < 4.78 is 23.4. The molecule has 0 unspecified atom stereocenters. The highest BCUT2D eigenvalue weighted by atomic mass is 32.2. The van der Waals surface area contributed by atoms with E-state index >= 15 is 0 Å². The summed E-state index contributed by atoms with van der Waals surface area (Å²) in [5.41, 5.74) is 6.77. The molecule has 0 bridgehead atoms. The van der Waals surface area contributed by atoms with E-state index in [1.54, 1.807) is 24.3 Å². The number of anilines is 2. The van der Waals surface area contributed by atoms with E-state index in [1.165, 1.54) is 0 Å². The first-order valence-corrected chi connectivity index (χ1v) is 8.61. The van der Waals surface area contributed by atoms with Gasteiger partial charge in [-0.3, -0.25) is 4.79 Å². The Kier molecular flexibility index (Phi) is 6.51. The van der Waals surface area contributed by atoms with E-state index in [4.69, 9.17) is 5.73 Å². The van der Waals surface area contributed by atoms with Crippen molar-refractivity contribution < 1.29 is 13.2 Å². The van der Waals surface area contributed by atoms with Gasteiger partial charge in [-0.2, -0.15) is 0 Å². The van der Waals surface area contributed by atoms with Gasteiger partial charge in [-0.15, -0.1) is 0 Å². The quantitative estimate of drug-likeness (QED) is 0.569. The van der Waals surface area contributed by atoms with Gasteiger partial charge in [-0.1, -0.05) is 19.8 Å². The molecular formula is C14H22N2O3S. The Bertz CT molecular complexity index is 524. The van der Waals surface area contributed by atoms with Gasteiger partial charge in [0.2, 0.25) is 5.91 Å². The molecule has 112 valence electrons. The van der Waals surface area contributed by atoms with Crippen molar-refractivity contribution in [3.63, 3.8) is 0 Å². The molecular weight excluding hydrogens is 276 g/mol. The Balaban J connectivity index is 2.37. The fourth-order valence-electron chi connectivity index (χ4n) is 1.71. The van der Waals surface area contributed by atoms with Crippen molar-refractivity contribution in [3.8, 4) is 0 Å². The van der Waals surface area contributed by atoms with Gasteiger partial charge in [0.25, 0.3) is 0 Å². The van der Waals surface area contributed by atoms with Gasteiger partial charge in [0.15, 0.2) is 9.84 Å². The van der Waals surface area contributed by atoms with Gasteiger partial charge in [0, 0.05) is 17.8 Å². The molecule has 1 rings (SSSR count). The SMILES string of the molecule is CCCCCS(=O)(=O)CCC(=O)Nc1ccc(N)cc1. The van der Waals surface area contributed by atoms with E-state index in [0.29, 0.717) is 17.8 Å². The molecule has 0 radical (unpaired) electrons. The van der Waals surface area contributed by atoms with Crippen LogP contribution in [0.4, 0.5) is 11.4 Å². The number of amides is 1. The highest BCUT2D eigenvalue weighted by Crippen LogP contribution is 2.11. The molecule has 6 heteroatoms. The molecule has 0 heterocycles. The summed E-state index contributed by atoms with van der Waals surface area (Å²) in [7, 11) is -3.13. The lowest BCUT2D eigenvalue weighted by molar-refractivity contribution is -0.115. The number of benzene rings is 1. The molecule has 0 aliphatic rings. The van der Waals surface area contributed by atoms with Crippen LogP contribution >= 0.6 is 0 Å². The molecule has 0 aromatic heterocycles. The monoisotopic (exact) mass is 298 g/mol. The number of nitrogens with one attached hydrogen (secondary N) is 1. The summed E-state index contributed by atoms with van der Waals surface area (Å²) >= 11 is 0. The lowest BCUT2D eigenvalue weighted by Crippen LogP contribution is -2.19. The zero-order valence-corrected chi connectivity index (χ0v) is 12.6. The fraction of sp³-hybridized carbons (Fsp3) is 0.500. The van der Waals surface area contributed by atoms with E-state index in [9.17, 15) is 13.2 Å². The van der Waals surface area contributed by atoms with Crippen molar-refractivity contribution in [1.82, 2.24) is 0 Å². The minimum absolute atomic E-state index is 0.0150. The van der Waals surface area contributed by atoms with Crippen molar-refractivity contribution in [1.29, 1.82) is 0 Å². The molecule has 0 aliphatic heterocycles. The van der Waals surface area contributed by atoms with Crippen LogP contribution in [0.1, 0.15) is 32.6 Å². The average Bonchev–Trinajstić information content (AvgIpc) is 2.40. The Morgan fingerprint density at radius 3 is 2.40 bits per heavy atom. The van der Waals surface area contributed by atoms with Gasteiger partial charge in [0.1, 0.15) is 0 Å². The lowest BCUT2D eigenvalue weighted by Gasteiger charge is -2.06. The van der Waals surface area contributed by atoms with E-state index in [0.717, 1.165) is 12.8 Å². The van der Waals surface area contributed by atoms with Crippen LogP contribution < -0.4 is 11.1 Å². The fourth-order valence-corrected chi connectivity index (χ4v) is 3.06. The number of nitrogen functional groups attached to an aromatic ring is 1. The maximum atomic E-state index is 11.7. The van der Waals surface area contributed by atoms with Crippen LogP contribution in [0.3, 0.4) is 0 Å².